The van der Waals surface area contributed by atoms with E-state index >= 15 is 0 Å². The molecule has 2 aliphatic rings. The van der Waals surface area contributed by atoms with Crippen molar-refractivity contribution in [3.05, 3.63) is 81.9 Å². The number of allylic oxidation sites excluding steroid dienone is 2. The molecule has 0 saturated heterocycles. The molecule has 1 saturated carbocycles. The maximum atomic E-state index is 11.4. The Kier molecular flexibility index (Phi) is 5.35. The van der Waals surface area contributed by atoms with Gasteiger partial charge in [-0.15, -0.1) is 0 Å². The van der Waals surface area contributed by atoms with Crippen LogP contribution in [0.25, 0.3) is 0 Å². The molecule has 2 aromatic rings. The zero-order valence-electron chi connectivity index (χ0n) is 17.3. The summed E-state index contributed by atoms with van der Waals surface area (Å²) < 4.78 is 2.37. The smallest absolute Gasteiger partial charge is 0.258 e. The van der Waals surface area contributed by atoms with E-state index in [4.69, 9.17) is 0 Å². The molecule has 0 aromatic heterocycles. The zero-order valence-corrected chi connectivity index (χ0v) is 17.3. The third kappa shape index (κ3) is 3.89. The van der Waals surface area contributed by atoms with E-state index in [9.17, 15) is 10.1 Å². The van der Waals surface area contributed by atoms with Crippen LogP contribution in [0.5, 0.6) is 0 Å². The average Bonchev–Trinajstić information content (AvgIpc) is 3.30. The van der Waals surface area contributed by atoms with Crippen LogP contribution in [0.4, 0.5) is 11.4 Å². The van der Waals surface area contributed by atoms with Crippen molar-refractivity contribution in [1.82, 2.24) is 0 Å². The molecule has 0 atom stereocenters. The summed E-state index contributed by atoms with van der Waals surface area (Å²) in [7, 11) is 0. The van der Waals surface area contributed by atoms with Crippen molar-refractivity contribution in [1.29, 1.82) is 0 Å². The maximum Gasteiger partial charge on any atom is 0.270 e. The van der Waals surface area contributed by atoms with Gasteiger partial charge < -0.3 is 0 Å². The number of hydrogen-bond donors (Lipinski definition) is 0. The summed E-state index contributed by atoms with van der Waals surface area (Å²) in [6.45, 7) is 5.24. The second-order valence-corrected chi connectivity index (χ2v) is 8.76. The van der Waals surface area contributed by atoms with Crippen molar-refractivity contribution in [3.8, 4) is 0 Å². The molecule has 4 rings (SSSR count). The third-order valence-electron chi connectivity index (χ3n) is 6.48. The highest BCUT2D eigenvalue weighted by molar-refractivity contribution is 6.03. The van der Waals surface area contributed by atoms with Crippen molar-refractivity contribution in [2.75, 3.05) is 6.54 Å². The molecule has 0 bridgehead atoms. The van der Waals surface area contributed by atoms with Crippen molar-refractivity contribution < 1.29 is 9.50 Å². The lowest BCUT2D eigenvalue weighted by Gasteiger charge is -2.15. The van der Waals surface area contributed by atoms with Crippen LogP contribution in [0.1, 0.15) is 50.7 Å². The fourth-order valence-electron chi connectivity index (χ4n) is 4.78. The molecular formula is C25H29N2O2+. The first-order chi connectivity index (χ1) is 14.0. The molecule has 2 aromatic carbocycles. The van der Waals surface area contributed by atoms with Gasteiger partial charge in [0, 0.05) is 36.3 Å². The van der Waals surface area contributed by atoms with Crippen molar-refractivity contribution in [2.24, 2.45) is 5.92 Å². The number of nitrogens with zero attached hydrogens (tertiary/aromatic N) is 2. The molecule has 0 radical (unpaired) electrons. The molecule has 29 heavy (non-hydrogen) atoms. The minimum Gasteiger partial charge on any atom is -0.258 e. The lowest BCUT2D eigenvalue weighted by atomic mass is 9.81. The summed E-state index contributed by atoms with van der Waals surface area (Å²) in [4.78, 5) is 11.1. The zero-order chi connectivity index (χ0) is 20.4. The van der Waals surface area contributed by atoms with Crippen LogP contribution in [0.3, 0.4) is 0 Å². The number of nitro groups is 1. The van der Waals surface area contributed by atoms with Gasteiger partial charge in [0.1, 0.15) is 0 Å². The summed E-state index contributed by atoms with van der Waals surface area (Å²) in [6.07, 6.45) is 10.8. The van der Waals surface area contributed by atoms with Crippen LogP contribution in [0, 0.1) is 16.0 Å². The largest absolute Gasteiger partial charge is 0.270 e. The van der Waals surface area contributed by atoms with Crippen LogP contribution < -0.4 is 0 Å². The van der Waals surface area contributed by atoms with Crippen molar-refractivity contribution in [3.63, 3.8) is 0 Å². The molecule has 0 unspecified atom stereocenters. The molecule has 0 amide bonds. The number of rotatable bonds is 6. The first-order valence-electron chi connectivity index (χ1n) is 10.6. The molecule has 1 heterocycles. The summed E-state index contributed by atoms with van der Waals surface area (Å²) in [5.74, 6) is 0.660. The van der Waals surface area contributed by atoms with E-state index in [0.717, 1.165) is 24.2 Å². The van der Waals surface area contributed by atoms with Gasteiger partial charge in [0.15, 0.2) is 12.3 Å². The highest BCUT2D eigenvalue weighted by Crippen LogP contribution is 2.42. The van der Waals surface area contributed by atoms with Gasteiger partial charge in [0.2, 0.25) is 5.69 Å². The van der Waals surface area contributed by atoms with Gasteiger partial charge in [-0.05, 0) is 38.2 Å². The second kappa shape index (κ2) is 7.94. The van der Waals surface area contributed by atoms with E-state index in [2.05, 4.69) is 54.8 Å². The van der Waals surface area contributed by atoms with Gasteiger partial charge >= 0.3 is 0 Å². The molecule has 0 N–H and O–H groups in total. The minimum atomic E-state index is -0.295. The highest BCUT2D eigenvalue weighted by Gasteiger charge is 2.45. The Balaban J connectivity index is 1.72. The van der Waals surface area contributed by atoms with Crippen LogP contribution in [-0.4, -0.2) is 21.8 Å². The van der Waals surface area contributed by atoms with Gasteiger partial charge in [0.05, 0.1) is 10.3 Å². The Bertz CT molecular complexity index is 968. The van der Waals surface area contributed by atoms with E-state index in [1.165, 1.54) is 37.0 Å². The van der Waals surface area contributed by atoms with E-state index in [1.807, 2.05) is 12.1 Å². The molecule has 1 aliphatic heterocycles. The highest BCUT2D eigenvalue weighted by atomic mass is 16.6. The molecular weight excluding hydrogens is 360 g/mol. The fourth-order valence-corrected chi connectivity index (χ4v) is 4.78. The van der Waals surface area contributed by atoms with Crippen molar-refractivity contribution >= 4 is 17.1 Å². The SMILES string of the molecule is CC1(C)C(C=CC2CCCC2)=[N+](CCc2ccccc2)c2ccc([N+](=O)[O-])cc21. The van der Waals surface area contributed by atoms with E-state index < -0.39 is 0 Å². The Morgan fingerprint density at radius 2 is 1.86 bits per heavy atom. The predicted octanol–water partition coefficient (Wildman–Crippen LogP) is 5.96. The lowest BCUT2D eigenvalue weighted by molar-refractivity contribution is -0.437. The third-order valence-corrected chi connectivity index (χ3v) is 6.48. The van der Waals surface area contributed by atoms with Gasteiger partial charge in [-0.3, -0.25) is 10.1 Å². The summed E-state index contributed by atoms with van der Waals surface area (Å²) >= 11 is 0. The first-order valence-corrected chi connectivity index (χ1v) is 10.6. The standard InChI is InChI=1S/C25H29N2O2/c1-25(2)22-18-21(27(28)29)13-14-23(22)26(17-16-20-8-4-3-5-9-20)24(25)15-12-19-10-6-7-11-19/h3-5,8-9,12-15,18-19H,6-7,10-11,16-17H2,1-2H3/q+1. The molecule has 1 aliphatic carbocycles. The average molecular weight is 390 g/mol. The van der Waals surface area contributed by atoms with Crippen LogP contribution in [0.15, 0.2) is 60.7 Å². The van der Waals surface area contributed by atoms with E-state index in [1.54, 1.807) is 12.1 Å². The second-order valence-electron chi connectivity index (χ2n) is 8.76. The fraction of sp³-hybridized carbons (Fsp3) is 0.400. The Labute approximate surface area is 172 Å². The quantitative estimate of drug-likeness (QED) is 0.348. The number of benzene rings is 2. The van der Waals surface area contributed by atoms with Gasteiger partial charge in [0.25, 0.3) is 5.69 Å². The normalized spacial score (nSPS) is 18.6. The molecule has 0 spiro atoms. The van der Waals surface area contributed by atoms with E-state index in [-0.39, 0.29) is 16.0 Å². The van der Waals surface area contributed by atoms with Crippen LogP contribution in [-0.2, 0) is 11.8 Å². The first kappa shape index (κ1) is 19.6. The maximum absolute atomic E-state index is 11.4. The number of fused-ring (bicyclic) bond motifs is 1. The van der Waals surface area contributed by atoms with Gasteiger partial charge in [-0.2, -0.15) is 4.58 Å². The lowest BCUT2D eigenvalue weighted by Crippen LogP contribution is -2.28. The summed E-state index contributed by atoms with van der Waals surface area (Å²) in [5.41, 5.74) is 4.61. The monoisotopic (exact) mass is 389 g/mol. The van der Waals surface area contributed by atoms with Gasteiger partial charge in [-0.25, -0.2) is 0 Å². The van der Waals surface area contributed by atoms with Crippen LogP contribution >= 0.6 is 0 Å². The summed E-state index contributed by atoms with van der Waals surface area (Å²) in [5, 5.41) is 11.4. The van der Waals surface area contributed by atoms with Crippen LogP contribution in [0.2, 0.25) is 0 Å². The number of non-ortho nitro benzene ring substituents is 1. The summed E-state index contributed by atoms with van der Waals surface area (Å²) in [6, 6.07) is 15.8. The Hall–Kier alpha value is -2.75. The van der Waals surface area contributed by atoms with E-state index in [0.29, 0.717) is 5.92 Å². The Morgan fingerprint density at radius 1 is 1.14 bits per heavy atom. The van der Waals surface area contributed by atoms with Crippen molar-refractivity contribution in [2.45, 2.75) is 51.4 Å². The predicted molar refractivity (Wildman–Crippen MR) is 117 cm³/mol. The molecule has 4 heteroatoms. The molecule has 1 fully saturated rings. The number of hydrogen-bond acceptors (Lipinski definition) is 2. The van der Waals surface area contributed by atoms with Gasteiger partial charge in [-0.1, -0.05) is 49.2 Å². The molecule has 4 nitrogen and oxygen atoms in total. The minimum absolute atomic E-state index is 0.167. The Morgan fingerprint density at radius 3 is 2.55 bits per heavy atom. The number of nitro benzene ring substituents is 1. The molecule has 150 valence electrons. The topological polar surface area (TPSA) is 46.1 Å².